The number of quaternary nitrogens is 1. The highest BCUT2D eigenvalue weighted by molar-refractivity contribution is 7.89. The van der Waals surface area contributed by atoms with Crippen molar-refractivity contribution < 1.29 is 48.8 Å². The zero-order valence-corrected chi connectivity index (χ0v) is 34.0. The van der Waals surface area contributed by atoms with Gasteiger partial charge in [0.05, 0.1) is 36.9 Å². The minimum absolute atomic E-state index is 0. The number of rotatable bonds is 11. The van der Waals surface area contributed by atoms with Gasteiger partial charge >= 0.3 is 5.89 Å². The Hall–Kier alpha value is -5.69. The van der Waals surface area contributed by atoms with Crippen LogP contribution in [0.3, 0.4) is 0 Å². The van der Waals surface area contributed by atoms with Crippen molar-refractivity contribution in [3.8, 4) is 16.9 Å². The lowest BCUT2D eigenvalue weighted by Gasteiger charge is -2.22. The number of hydrogen-bond donors (Lipinski definition) is 1. The Labute approximate surface area is 337 Å². The maximum Gasteiger partial charge on any atom is 0.375 e. The Morgan fingerprint density at radius 3 is 2.18 bits per heavy atom. The second-order valence-corrected chi connectivity index (χ2v) is 16.0. The molecule has 0 amide bonds. The molecule has 12 nitrogen and oxygen atoms in total. The van der Waals surface area contributed by atoms with Crippen molar-refractivity contribution in [3.63, 3.8) is 0 Å². The number of benzene rings is 4. The highest BCUT2D eigenvalue weighted by Crippen LogP contribution is 2.46. The number of nitrogens with zero attached hydrogens (tertiary/aromatic N) is 3. The van der Waals surface area contributed by atoms with Gasteiger partial charge in [-0.25, -0.2) is 16.8 Å². The van der Waals surface area contributed by atoms with E-state index in [0.717, 1.165) is 37.8 Å². The molecule has 1 aliphatic rings. The standard InChI is InChI=1S/C37H29N3O8S2.C6H15N.3H2/c1-4-11-37(50(44,45)46)40-32-21-28-27-14-9-10-15-29(27)38(3)30(28)22-34(32)48-36(40)19-24(5-2)18-35-39(23-49(41,42)43)31-20-26(16-17-33(31)47-35)25-12-7-6-8-13-25;1-4-7(5-2)6-3;;;/h6-10,12-22H,1,5,23H2,2-3H3,(H-,41,42,43,44,45,46);4-6H2,1-3H3;3*1H. The van der Waals surface area contributed by atoms with E-state index in [1.807, 2.05) is 79.2 Å². The molecule has 0 atom stereocenters. The van der Waals surface area contributed by atoms with E-state index in [2.05, 4.69) is 38.8 Å². The van der Waals surface area contributed by atoms with Crippen LogP contribution in [0.2, 0.25) is 0 Å². The highest BCUT2D eigenvalue weighted by atomic mass is 32.2. The monoisotopic (exact) mass is 814 g/mol. The van der Waals surface area contributed by atoms with Crippen molar-refractivity contribution >= 4 is 64.9 Å². The molecule has 14 heteroatoms. The van der Waals surface area contributed by atoms with Gasteiger partial charge in [0.2, 0.25) is 17.3 Å². The molecule has 0 saturated carbocycles. The fraction of sp³-hybridized carbons (Fsp3) is 0.233. The molecule has 0 bridgehead atoms. The van der Waals surface area contributed by atoms with Crippen LogP contribution < -0.4 is 19.1 Å². The average Bonchev–Trinajstić information content (AvgIpc) is 3.80. The average molecular weight is 815 g/mol. The number of allylic oxidation sites excluding steroid dienone is 2. The van der Waals surface area contributed by atoms with Gasteiger partial charge in [-0.2, -0.15) is 0 Å². The van der Waals surface area contributed by atoms with E-state index in [9.17, 15) is 25.9 Å². The van der Waals surface area contributed by atoms with E-state index >= 15 is 0 Å². The van der Waals surface area contributed by atoms with Crippen molar-refractivity contribution in [1.82, 2.24) is 4.57 Å². The molecule has 7 rings (SSSR count). The van der Waals surface area contributed by atoms with Crippen molar-refractivity contribution in [3.05, 3.63) is 131 Å². The van der Waals surface area contributed by atoms with Gasteiger partial charge in [0, 0.05) is 45.8 Å². The number of para-hydroxylation sites is 1. The first kappa shape index (κ1) is 41.0. The Bertz CT molecular complexity index is 2870. The molecule has 1 N–H and O–H groups in total. The van der Waals surface area contributed by atoms with Gasteiger partial charge in [-0.3, -0.25) is 4.90 Å². The predicted octanol–water partition coefficient (Wildman–Crippen LogP) is 7.06. The molecule has 1 aliphatic heterocycles. The van der Waals surface area contributed by atoms with Crippen molar-refractivity contribution in [2.24, 2.45) is 7.05 Å². The first-order valence-electron chi connectivity index (χ1n) is 18.5. The summed E-state index contributed by atoms with van der Waals surface area (Å²) in [7, 11) is -8.01. The van der Waals surface area contributed by atoms with E-state index < -0.39 is 31.1 Å². The number of oxazole rings is 1. The van der Waals surface area contributed by atoms with E-state index in [4.69, 9.17) is 9.15 Å². The van der Waals surface area contributed by atoms with E-state index in [-0.39, 0.29) is 27.5 Å². The molecule has 0 radical (unpaired) electrons. The summed E-state index contributed by atoms with van der Waals surface area (Å²) in [6, 6.07) is 25.9. The molecule has 0 aliphatic carbocycles. The molecular formula is C43H50N4O8S2. The Kier molecular flexibility index (Phi) is 12.1. The van der Waals surface area contributed by atoms with Crippen LogP contribution in [0.15, 0.2) is 130 Å². The summed E-state index contributed by atoms with van der Waals surface area (Å²) in [6.45, 7) is 15.7. The zero-order chi connectivity index (χ0) is 41.1. The van der Waals surface area contributed by atoms with Crippen LogP contribution in [0, 0.1) is 0 Å². The van der Waals surface area contributed by atoms with Gasteiger partial charge in [0.15, 0.2) is 20.9 Å². The molecule has 0 unspecified atom stereocenters. The van der Waals surface area contributed by atoms with E-state index in [1.54, 1.807) is 29.2 Å². The van der Waals surface area contributed by atoms with Gasteiger partial charge in [-0.05, 0) is 74.4 Å². The highest BCUT2D eigenvalue weighted by Gasteiger charge is 2.34. The number of anilines is 1. The summed E-state index contributed by atoms with van der Waals surface area (Å²) < 4.78 is 89.7. The lowest BCUT2D eigenvalue weighted by Crippen LogP contribution is -3.11. The number of fused-ring (bicyclic) bond motifs is 5. The molecule has 0 fully saturated rings. The maximum absolute atomic E-state index is 12.6. The summed E-state index contributed by atoms with van der Waals surface area (Å²) in [4.78, 5) is 2.82. The molecule has 2 aromatic heterocycles. The number of aryl methyl sites for hydroxylation is 1. The van der Waals surface area contributed by atoms with Gasteiger partial charge in [-0.15, -0.1) is 4.57 Å². The molecule has 0 spiro atoms. The maximum atomic E-state index is 12.6. The molecule has 302 valence electrons. The van der Waals surface area contributed by atoms with Crippen LogP contribution >= 0.6 is 0 Å². The largest absolute Gasteiger partial charge is 0.743 e. The van der Waals surface area contributed by atoms with Gasteiger partial charge in [0.1, 0.15) is 10.1 Å². The summed E-state index contributed by atoms with van der Waals surface area (Å²) in [6.07, 6.45) is 3.37. The SMILES string of the molecule is C=C=C=C(N1C(=CC(=Cc2oc3ccc(-c4ccccc4)cc3[n+]2CS(=O)(=O)[O-])CC)Oc2cc3c(cc21)c1ccccc1n3C)S(=O)(=O)[O-].CC[NH+](CC)CC.[HH].[HH].[HH]. The minimum Gasteiger partial charge on any atom is -0.743 e. The topological polar surface area (TPSA) is 153 Å². The third kappa shape index (κ3) is 8.68. The fourth-order valence-corrected chi connectivity index (χ4v) is 8.13. The lowest BCUT2D eigenvalue weighted by atomic mass is 10.1. The van der Waals surface area contributed by atoms with Crippen LogP contribution in [0.5, 0.6) is 5.75 Å². The fourth-order valence-electron chi connectivity index (χ4n) is 6.94. The first-order valence-corrected chi connectivity index (χ1v) is 21.5. The van der Waals surface area contributed by atoms with E-state index in [1.165, 1.54) is 36.4 Å². The quantitative estimate of drug-likeness (QED) is 0.0823. The molecular weight excluding hydrogens is 765 g/mol. The normalized spacial score (nSPS) is 13.8. The van der Waals surface area contributed by atoms with Crippen LogP contribution in [-0.2, 0) is 33.2 Å². The van der Waals surface area contributed by atoms with E-state index in [0.29, 0.717) is 23.1 Å². The molecule has 3 heterocycles. The van der Waals surface area contributed by atoms with Crippen molar-refractivity contribution in [1.29, 1.82) is 0 Å². The number of ether oxygens (including phenoxy) is 1. The lowest BCUT2D eigenvalue weighted by molar-refractivity contribution is -0.894. The second kappa shape index (κ2) is 16.8. The third-order valence-corrected chi connectivity index (χ3v) is 11.3. The molecule has 0 saturated heterocycles. The molecule has 57 heavy (non-hydrogen) atoms. The van der Waals surface area contributed by atoms with Crippen LogP contribution in [0.25, 0.3) is 50.1 Å². The smallest absolute Gasteiger partial charge is 0.375 e. The number of hydrogen-bond acceptors (Lipinski definition) is 9. The van der Waals surface area contributed by atoms with Crippen LogP contribution in [-0.4, -0.2) is 50.1 Å². The third-order valence-electron chi connectivity index (χ3n) is 9.96. The summed E-state index contributed by atoms with van der Waals surface area (Å²) in [5.41, 5.74) is 9.52. The first-order chi connectivity index (χ1) is 27.2. The Morgan fingerprint density at radius 2 is 1.56 bits per heavy atom. The van der Waals surface area contributed by atoms with Gasteiger partial charge in [-0.1, -0.05) is 67.3 Å². The summed E-state index contributed by atoms with van der Waals surface area (Å²) in [5.74, 6) is -0.620. The van der Waals surface area contributed by atoms with Gasteiger partial charge in [0.25, 0.3) is 5.52 Å². The minimum atomic E-state index is -5.14. The molecule has 4 aromatic carbocycles. The molecule has 6 aromatic rings. The number of aromatic nitrogens is 2. The Morgan fingerprint density at radius 1 is 0.877 bits per heavy atom. The predicted molar refractivity (Wildman–Crippen MR) is 226 cm³/mol. The number of nitrogens with one attached hydrogen (secondary N) is 1. The van der Waals surface area contributed by atoms with Crippen molar-refractivity contribution in [2.75, 3.05) is 24.5 Å². The van der Waals surface area contributed by atoms with Crippen molar-refractivity contribution in [2.45, 2.75) is 40.0 Å². The summed E-state index contributed by atoms with van der Waals surface area (Å²) in [5, 5.41) is 0.926. The second-order valence-electron chi connectivity index (χ2n) is 13.4. The van der Waals surface area contributed by atoms with Crippen LogP contribution in [0.1, 0.15) is 44.3 Å². The Balaban J connectivity index is 0.000000886. The summed E-state index contributed by atoms with van der Waals surface area (Å²) >= 11 is 0. The van der Waals surface area contributed by atoms with Gasteiger partial charge < -0.3 is 27.7 Å². The zero-order valence-electron chi connectivity index (χ0n) is 32.4. The van der Waals surface area contributed by atoms with Crippen LogP contribution in [0.4, 0.5) is 5.69 Å².